The predicted molar refractivity (Wildman–Crippen MR) is 81.1 cm³/mol. The maximum atomic E-state index is 5.75. The van der Waals surface area contributed by atoms with Crippen molar-refractivity contribution in [3.63, 3.8) is 0 Å². The van der Waals surface area contributed by atoms with E-state index in [2.05, 4.69) is 37.5 Å². The van der Waals surface area contributed by atoms with E-state index in [1.165, 1.54) is 17.7 Å². The minimum atomic E-state index is 0.550. The third kappa shape index (κ3) is 3.33. The van der Waals surface area contributed by atoms with E-state index >= 15 is 0 Å². The standard InChI is InChI=1S/C15H20N4OS/c1-2-13(21-9-1)10-18-5-7-19(8-6-18)11-14-16-17-15(20-14)12-3-4-12/h1-2,9,12H,3-8,10-11H2. The van der Waals surface area contributed by atoms with Gasteiger partial charge in [-0.3, -0.25) is 9.80 Å². The van der Waals surface area contributed by atoms with Gasteiger partial charge in [0.1, 0.15) is 0 Å². The highest BCUT2D eigenvalue weighted by atomic mass is 32.1. The highest BCUT2D eigenvalue weighted by Gasteiger charge is 2.29. The number of rotatable bonds is 5. The van der Waals surface area contributed by atoms with Gasteiger partial charge in [0.15, 0.2) is 0 Å². The lowest BCUT2D eigenvalue weighted by molar-refractivity contribution is 0.115. The quantitative estimate of drug-likeness (QED) is 0.848. The summed E-state index contributed by atoms with van der Waals surface area (Å²) in [6.45, 7) is 6.26. The van der Waals surface area contributed by atoms with Gasteiger partial charge >= 0.3 is 0 Å². The maximum absolute atomic E-state index is 5.75. The van der Waals surface area contributed by atoms with Crippen LogP contribution in [0, 0.1) is 0 Å². The molecule has 0 radical (unpaired) electrons. The monoisotopic (exact) mass is 304 g/mol. The molecule has 3 heterocycles. The lowest BCUT2D eigenvalue weighted by Gasteiger charge is -2.33. The second-order valence-corrected chi connectivity index (χ2v) is 6.97. The molecule has 4 rings (SSSR count). The van der Waals surface area contributed by atoms with Crippen LogP contribution in [0.2, 0.25) is 0 Å². The van der Waals surface area contributed by atoms with Crippen LogP contribution in [0.15, 0.2) is 21.9 Å². The lowest BCUT2D eigenvalue weighted by atomic mass is 10.3. The molecule has 0 unspecified atom stereocenters. The first-order valence-corrected chi connectivity index (χ1v) is 8.54. The predicted octanol–water partition coefficient (Wildman–Crippen LogP) is 2.33. The lowest BCUT2D eigenvalue weighted by Crippen LogP contribution is -2.45. The van der Waals surface area contributed by atoms with Gasteiger partial charge in [-0.1, -0.05) is 6.07 Å². The summed E-state index contributed by atoms with van der Waals surface area (Å²) in [6.07, 6.45) is 2.42. The molecule has 21 heavy (non-hydrogen) atoms. The number of aromatic nitrogens is 2. The Morgan fingerprint density at radius 2 is 1.86 bits per heavy atom. The molecule has 2 aromatic rings. The van der Waals surface area contributed by atoms with Crippen molar-refractivity contribution in [2.75, 3.05) is 26.2 Å². The van der Waals surface area contributed by atoms with Crippen molar-refractivity contribution in [3.05, 3.63) is 34.2 Å². The largest absolute Gasteiger partial charge is 0.424 e. The van der Waals surface area contributed by atoms with Gasteiger partial charge in [0.05, 0.1) is 6.54 Å². The van der Waals surface area contributed by atoms with Gasteiger partial charge < -0.3 is 4.42 Å². The van der Waals surface area contributed by atoms with E-state index in [1.54, 1.807) is 0 Å². The molecule has 0 N–H and O–H groups in total. The summed E-state index contributed by atoms with van der Waals surface area (Å²) in [6, 6.07) is 4.35. The van der Waals surface area contributed by atoms with E-state index in [0.29, 0.717) is 5.92 Å². The van der Waals surface area contributed by atoms with E-state index in [-0.39, 0.29) is 0 Å². The topological polar surface area (TPSA) is 45.4 Å². The number of nitrogens with zero attached hydrogens (tertiary/aromatic N) is 4. The molecule has 2 aromatic heterocycles. The molecule has 1 saturated carbocycles. The van der Waals surface area contributed by atoms with Crippen LogP contribution in [0.1, 0.15) is 35.4 Å². The van der Waals surface area contributed by atoms with E-state index in [1.807, 2.05) is 11.3 Å². The van der Waals surface area contributed by atoms with Gasteiger partial charge in [-0.2, -0.15) is 0 Å². The third-order valence-electron chi connectivity index (χ3n) is 4.19. The highest BCUT2D eigenvalue weighted by molar-refractivity contribution is 7.09. The molecule has 0 amide bonds. The van der Waals surface area contributed by atoms with Crippen LogP contribution in [0.25, 0.3) is 0 Å². The molecule has 1 aliphatic carbocycles. The zero-order valence-corrected chi connectivity index (χ0v) is 12.9. The van der Waals surface area contributed by atoms with E-state index < -0.39 is 0 Å². The molecule has 2 aliphatic rings. The zero-order chi connectivity index (χ0) is 14.1. The van der Waals surface area contributed by atoms with Crippen LogP contribution < -0.4 is 0 Å². The molecule has 1 aliphatic heterocycles. The summed E-state index contributed by atoms with van der Waals surface area (Å²) in [4.78, 5) is 6.38. The smallest absolute Gasteiger partial charge is 0.230 e. The van der Waals surface area contributed by atoms with Crippen LogP contribution in [-0.2, 0) is 13.1 Å². The van der Waals surface area contributed by atoms with Gasteiger partial charge in [-0.05, 0) is 24.3 Å². The Kier molecular flexibility index (Phi) is 3.75. The zero-order valence-electron chi connectivity index (χ0n) is 12.1. The van der Waals surface area contributed by atoms with Gasteiger partial charge in [0.2, 0.25) is 11.8 Å². The molecule has 0 atom stereocenters. The minimum Gasteiger partial charge on any atom is -0.424 e. The van der Waals surface area contributed by atoms with Crippen molar-refractivity contribution in [1.29, 1.82) is 0 Å². The Morgan fingerprint density at radius 1 is 1.10 bits per heavy atom. The summed E-state index contributed by atoms with van der Waals surface area (Å²) in [5.74, 6) is 2.18. The normalized spacial score (nSPS) is 21.0. The first-order chi connectivity index (χ1) is 10.4. The van der Waals surface area contributed by atoms with Gasteiger partial charge in [0.25, 0.3) is 0 Å². The summed E-state index contributed by atoms with van der Waals surface area (Å²) in [5.41, 5.74) is 0. The average Bonchev–Trinajstić information content (AvgIpc) is 3.03. The molecular weight excluding hydrogens is 284 g/mol. The van der Waals surface area contributed by atoms with Crippen LogP contribution in [0.4, 0.5) is 0 Å². The summed E-state index contributed by atoms with van der Waals surface area (Å²) in [7, 11) is 0. The first-order valence-electron chi connectivity index (χ1n) is 7.66. The summed E-state index contributed by atoms with van der Waals surface area (Å²) in [5, 5.41) is 10.5. The molecule has 2 fully saturated rings. The molecule has 1 saturated heterocycles. The van der Waals surface area contributed by atoms with Crippen LogP contribution in [0.3, 0.4) is 0 Å². The molecule has 0 spiro atoms. The second-order valence-electron chi connectivity index (χ2n) is 5.94. The Hall–Kier alpha value is -1.24. The Morgan fingerprint density at radius 3 is 2.52 bits per heavy atom. The second kappa shape index (κ2) is 5.87. The van der Waals surface area contributed by atoms with Crippen LogP contribution in [0.5, 0.6) is 0 Å². The van der Waals surface area contributed by atoms with Crippen molar-refractivity contribution in [3.8, 4) is 0 Å². The Balaban J connectivity index is 1.26. The van der Waals surface area contributed by atoms with Crippen LogP contribution in [-0.4, -0.2) is 46.2 Å². The summed E-state index contributed by atoms with van der Waals surface area (Å²) < 4.78 is 5.75. The summed E-state index contributed by atoms with van der Waals surface area (Å²) >= 11 is 1.84. The fraction of sp³-hybridized carbons (Fsp3) is 0.600. The fourth-order valence-electron chi connectivity index (χ4n) is 2.75. The van der Waals surface area contributed by atoms with Crippen molar-refractivity contribution >= 4 is 11.3 Å². The number of piperazine rings is 1. The van der Waals surface area contributed by atoms with Crippen molar-refractivity contribution in [2.45, 2.75) is 31.8 Å². The Labute approximate surface area is 128 Å². The van der Waals surface area contributed by atoms with E-state index in [4.69, 9.17) is 4.42 Å². The third-order valence-corrected chi connectivity index (χ3v) is 5.05. The molecular formula is C15H20N4OS. The highest BCUT2D eigenvalue weighted by Crippen LogP contribution is 2.39. The van der Waals surface area contributed by atoms with E-state index in [0.717, 1.165) is 51.0 Å². The number of hydrogen-bond acceptors (Lipinski definition) is 6. The minimum absolute atomic E-state index is 0.550. The fourth-order valence-corrected chi connectivity index (χ4v) is 3.49. The van der Waals surface area contributed by atoms with E-state index in [9.17, 15) is 0 Å². The van der Waals surface area contributed by atoms with Crippen LogP contribution >= 0.6 is 11.3 Å². The molecule has 112 valence electrons. The van der Waals surface area contributed by atoms with Gasteiger partial charge in [-0.25, -0.2) is 0 Å². The molecule has 0 bridgehead atoms. The van der Waals surface area contributed by atoms with Gasteiger partial charge in [-0.15, -0.1) is 21.5 Å². The average molecular weight is 304 g/mol. The molecule has 0 aromatic carbocycles. The van der Waals surface area contributed by atoms with Crippen molar-refractivity contribution in [2.24, 2.45) is 0 Å². The first kappa shape index (κ1) is 13.4. The number of hydrogen-bond donors (Lipinski definition) is 0. The Bertz CT molecular complexity index is 570. The van der Waals surface area contributed by atoms with Crippen molar-refractivity contribution < 1.29 is 4.42 Å². The van der Waals surface area contributed by atoms with Crippen molar-refractivity contribution in [1.82, 2.24) is 20.0 Å². The van der Waals surface area contributed by atoms with Gasteiger partial charge in [0, 0.05) is 43.5 Å². The maximum Gasteiger partial charge on any atom is 0.230 e. The SMILES string of the molecule is c1csc(CN2CCN(Cc3nnc(C4CC4)o3)CC2)c1. The number of thiophene rings is 1. The molecule has 6 heteroatoms. The molecule has 5 nitrogen and oxygen atoms in total.